The van der Waals surface area contributed by atoms with Crippen LogP contribution < -0.4 is 10.1 Å². The zero-order chi connectivity index (χ0) is 23.4. The van der Waals surface area contributed by atoms with Gasteiger partial charge in [0.1, 0.15) is 5.75 Å². The molecule has 2 atom stereocenters. The largest absolute Gasteiger partial charge is 0.497 e. The summed E-state index contributed by atoms with van der Waals surface area (Å²) in [6.45, 7) is 2.72. The number of ether oxygens (including phenoxy) is 2. The summed E-state index contributed by atoms with van der Waals surface area (Å²) in [6, 6.07) is 18.0. The average Bonchev–Trinajstić information content (AvgIpc) is 3.38. The maximum Gasteiger partial charge on any atom is 0.305 e. The molecule has 1 N–H and O–H groups in total. The normalized spacial score (nSPS) is 17.7. The van der Waals surface area contributed by atoms with Crippen molar-refractivity contribution < 1.29 is 14.3 Å². The number of benzene rings is 1. The Morgan fingerprint density at radius 2 is 1.91 bits per heavy atom. The Kier molecular flexibility index (Phi) is 6.93. The number of hydrogen-bond acceptors (Lipinski definition) is 5. The van der Waals surface area contributed by atoms with Gasteiger partial charge in [0, 0.05) is 36.2 Å². The predicted molar refractivity (Wildman–Crippen MR) is 130 cm³/mol. The molecule has 2 aromatic heterocycles. The maximum absolute atomic E-state index is 11.7. The van der Waals surface area contributed by atoms with Crippen LogP contribution in [-0.4, -0.2) is 46.3 Å². The van der Waals surface area contributed by atoms with Gasteiger partial charge >= 0.3 is 5.97 Å². The number of esters is 1. The Bertz CT molecular complexity index is 1110. The lowest BCUT2D eigenvalue weighted by atomic mass is 10.0. The Labute approximate surface area is 199 Å². The minimum absolute atomic E-state index is 0.0964. The highest BCUT2D eigenvalue weighted by molar-refractivity contribution is 7.80. The molecule has 1 aromatic carbocycles. The summed E-state index contributed by atoms with van der Waals surface area (Å²) in [5, 5.41) is 4.13. The number of methoxy groups -OCH3 is 2. The van der Waals surface area contributed by atoms with E-state index in [9.17, 15) is 4.79 Å². The fraction of sp³-hybridized carbons (Fsp3) is 0.320. The number of rotatable bonds is 8. The van der Waals surface area contributed by atoms with Gasteiger partial charge in [0.15, 0.2) is 5.11 Å². The summed E-state index contributed by atoms with van der Waals surface area (Å²) in [6.07, 6.45) is 2.78. The Morgan fingerprint density at radius 3 is 2.58 bits per heavy atom. The fourth-order valence-corrected chi connectivity index (χ4v) is 4.67. The molecule has 0 amide bonds. The maximum atomic E-state index is 11.7. The summed E-state index contributed by atoms with van der Waals surface area (Å²) in [7, 11) is 3.07. The van der Waals surface area contributed by atoms with E-state index in [4.69, 9.17) is 21.7 Å². The van der Waals surface area contributed by atoms with E-state index in [0.717, 1.165) is 28.5 Å². The SMILES string of the molecule is COC(=O)CCCN1C(=S)N[C@@H](c2ccccn2)[C@@H]1c1ccc(C)n1-c1ccc(OC)cc1. The molecule has 0 radical (unpaired) electrons. The summed E-state index contributed by atoms with van der Waals surface area (Å²) >= 11 is 5.75. The zero-order valence-corrected chi connectivity index (χ0v) is 19.8. The van der Waals surface area contributed by atoms with Crippen molar-refractivity contribution in [2.24, 2.45) is 0 Å². The predicted octanol–water partition coefficient (Wildman–Crippen LogP) is 4.12. The minimum atomic E-state index is -0.219. The molecule has 0 unspecified atom stereocenters. The monoisotopic (exact) mass is 464 g/mol. The van der Waals surface area contributed by atoms with Crippen LogP contribution in [-0.2, 0) is 9.53 Å². The molecule has 1 aliphatic rings. The second kappa shape index (κ2) is 10.0. The molecule has 3 heterocycles. The van der Waals surface area contributed by atoms with E-state index in [1.54, 1.807) is 13.3 Å². The first-order chi connectivity index (χ1) is 16.0. The molecular weight excluding hydrogens is 436 g/mol. The lowest BCUT2D eigenvalue weighted by Gasteiger charge is -2.29. The van der Waals surface area contributed by atoms with Crippen LogP contribution in [0.15, 0.2) is 60.8 Å². The van der Waals surface area contributed by atoms with Crippen molar-refractivity contribution in [1.82, 2.24) is 19.8 Å². The fourth-order valence-electron chi connectivity index (χ4n) is 4.34. The topological polar surface area (TPSA) is 68.6 Å². The average molecular weight is 465 g/mol. The van der Waals surface area contributed by atoms with Crippen LogP contribution >= 0.6 is 12.2 Å². The molecule has 0 bridgehead atoms. The van der Waals surface area contributed by atoms with Crippen molar-refractivity contribution in [3.63, 3.8) is 0 Å². The first kappa shape index (κ1) is 22.8. The third-order valence-corrected chi connectivity index (χ3v) is 6.30. The van der Waals surface area contributed by atoms with E-state index in [-0.39, 0.29) is 18.1 Å². The number of nitrogens with zero attached hydrogens (tertiary/aromatic N) is 3. The Hall–Kier alpha value is -3.39. The highest BCUT2D eigenvalue weighted by Crippen LogP contribution is 2.40. The van der Waals surface area contributed by atoms with Gasteiger partial charge in [0.05, 0.1) is 32.0 Å². The van der Waals surface area contributed by atoms with Crippen molar-refractivity contribution in [3.05, 3.63) is 77.9 Å². The molecule has 0 spiro atoms. The van der Waals surface area contributed by atoms with E-state index >= 15 is 0 Å². The van der Waals surface area contributed by atoms with Gasteiger partial charge in [-0.15, -0.1) is 0 Å². The Balaban J connectivity index is 1.74. The third kappa shape index (κ3) is 4.71. The van der Waals surface area contributed by atoms with Crippen LogP contribution in [0, 0.1) is 6.92 Å². The summed E-state index contributed by atoms with van der Waals surface area (Å²) in [5.41, 5.74) is 4.17. The molecule has 8 heteroatoms. The summed E-state index contributed by atoms with van der Waals surface area (Å²) < 4.78 is 12.4. The number of carbonyl (C=O) groups excluding carboxylic acids is 1. The molecule has 1 aliphatic heterocycles. The van der Waals surface area contributed by atoms with Crippen LogP contribution in [0.25, 0.3) is 5.69 Å². The highest BCUT2D eigenvalue weighted by atomic mass is 32.1. The van der Waals surface area contributed by atoms with Crippen molar-refractivity contribution in [3.8, 4) is 11.4 Å². The smallest absolute Gasteiger partial charge is 0.305 e. The van der Waals surface area contributed by atoms with Crippen LogP contribution in [0.1, 0.15) is 42.0 Å². The first-order valence-electron chi connectivity index (χ1n) is 10.9. The number of nitrogens with one attached hydrogen (secondary N) is 1. The van der Waals surface area contributed by atoms with Gasteiger partial charge in [-0.25, -0.2) is 0 Å². The van der Waals surface area contributed by atoms with E-state index in [2.05, 4.69) is 38.8 Å². The van der Waals surface area contributed by atoms with Crippen molar-refractivity contribution in [2.75, 3.05) is 20.8 Å². The third-order valence-electron chi connectivity index (χ3n) is 5.95. The molecule has 3 aromatic rings. The summed E-state index contributed by atoms with van der Waals surface area (Å²) in [4.78, 5) is 18.5. The second-order valence-corrected chi connectivity index (χ2v) is 8.32. The van der Waals surface area contributed by atoms with Gasteiger partial charge in [-0.2, -0.15) is 0 Å². The van der Waals surface area contributed by atoms with Gasteiger partial charge in [-0.3, -0.25) is 9.78 Å². The molecular formula is C25H28N4O3S. The van der Waals surface area contributed by atoms with E-state index < -0.39 is 0 Å². The number of hydrogen-bond donors (Lipinski definition) is 1. The number of pyridine rings is 1. The molecule has 4 rings (SSSR count). The Morgan fingerprint density at radius 1 is 1.12 bits per heavy atom. The zero-order valence-electron chi connectivity index (χ0n) is 19.0. The molecule has 1 fully saturated rings. The van der Waals surface area contributed by atoms with Crippen LogP contribution in [0.3, 0.4) is 0 Å². The van der Waals surface area contributed by atoms with Gasteiger partial charge in [-0.1, -0.05) is 6.07 Å². The molecule has 172 valence electrons. The molecule has 0 saturated carbocycles. The van der Waals surface area contributed by atoms with Crippen molar-refractivity contribution in [2.45, 2.75) is 31.8 Å². The van der Waals surface area contributed by atoms with Crippen LogP contribution in [0.5, 0.6) is 5.75 Å². The molecule has 7 nitrogen and oxygen atoms in total. The molecule has 33 heavy (non-hydrogen) atoms. The number of aromatic nitrogens is 2. The first-order valence-corrected chi connectivity index (χ1v) is 11.3. The van der Waals surface area contributed by atoms with Gasteiger partial charge in [0.25, 0.3) is 0 Å². The van der Waals surface area contributed by atoms with E-state index in [0.29, 0.717) is 24.5 Å². The van der Waals surface area contributed by atoms with E-state index in [1.807, 2.05) is 42.5 Å². The number of aryl methyl sites for hydroxylation is 1. The lowest BCUT2D eigenvalue weighted by molar-refractivity contribution is -0.140. The minimum Gasteiger partial charge on any atom is -0.497 e. The van der Waals surface area contributed by atoms with E-state index in [1.165, 1.54) is 7.11 Å². The van der Waals surface area contributed by atoms with Gasteiger partial charge in [-0.05, 0) is 74.1 Å². The van der Waals surface area contributed by atoms with Gasteiger partial charge in [0.2, 0.25) is 0 Å². The second-order valence-electron chi connectivity index (χ2n) is 7.93. The van der Waals surface area contributed by atoms with Gasteiger partial charge < -0.3 is 24.3 Å². The lowest BCUT2D eigenvalue weighted by Crippen LogP contribution is -2.31. The number of carbonyl (C=O) groups is 1. The highest BCUT2D eigenvalue weighted by Gasteiger charge is 2.41. The van der Waals surface area contributed by atoms with Crippen LogP contribution in [0.2, 0.25) is 0 Å². The standard InChI is InChI=1S/C25H28N4O3S/c1-17-9-14-21(29(17)18-10-12-19(31-2)13-11-18)24-23(20-7-4-5-15-26-20)27-25(33)28(24)16-6-8-22(30)32-3/h4-5,7,9-15,23-24H,6,8,16H2,1-3H3,(H,27,33)/t23-,24-/m0/s1. The molecule has 0 aliphatic carbocycles. The molecule has 1 saturated heterocycles. The number of thiocarbonyl (C=S) groups is 1. The van der Waals surface area contributed by atoms with Crippen LogP contribution in [0.4, 0.5) is 0 Å². The van der Waals surface area contributed by atoms with Crippen molar-refractivity contribution >= 4 is 23.3 Å². The van der Waals surface area contributed by atoms with Crippen molar-refractivity contribution in [1.29, 1.82) is 0 Å². The summed E-state index contributed by atoms with van der Waals surface area (Å²) in [5.74, 6) is 0.591. The quantitative estimate of drug-likeness (QED) is 0.397.